The molecule has 28 heavy (non-hydrogen) atoms. The highest BCUT2D eigenvalue weighted by Gasteiger charge is 2.37. The van der Waals surface area contributed by atoms with Gasteiger partial charge >= 0.3 is 0 Å². The lowest BCUT2D eigenvalue weighted by atomic mass is 9.69. The molecule has 0 aromatic rings. The van der Waals surface area contributed by atoms with Crippen LogP contribution in [0.4, 0.5) is 0 Å². The van der Waals surface area contributed by atoms with Crippen LogP contribution in [0.1, 0.15) is 113 Å². The molecule has 8 unspecified atom stereocenters. The van der Waals surface area contributed by atoms with Gasteiger partial charge in [0.25, 0.3) is 0 Å². The molecule has 1 rings (SSSR count). The Morgan fingerprint density at radius 2 is 1.71 bits per heavy atom. The molecule has 0 bridgehead atoms. The van der Waals surface area contributed by atoms with E-state index in [4.69, 9.17) is 0 Å². The van der Waals surface area contributed by atoms with Crippen molar-refractivity contribution in [3.63, 3.8) is 0 Å². The summed E-state index contributed by atoms with van der Waals surface area (Å²) in [4.78, 5) is 0. The van der Waals surface area contributed by atoms with Gasteiger partial charge in [-0.3, -0.25) is 0 Å². The van der Waals surface area contributed by atoms with E-state index in [1.54, 1.807) is 0 Å². The van der Waals surface area contributed by atoms with E-state index in [9.17, 15) is 0 Å². The topological polar surface area (TPSA) is 0 Å². The summed E-state index contributed by atoms with van der Waals surface area (Å²) in [6.07, 6.45) is 17.4. The third-order valence-corrected chi connectivity index (χ3v) is 9.07. The Bertz CT molecular complexity index is 440. The molecule has 0 fully saturated rings. The Morgan fingerprint density at radius 1 is 1.04 bits per heavy atom. The Balaban J connectivity index is 3.21. The van der Waals surface area contributed by atoms with Gasteiger partial charge in [0.15, 0.2) is 0 Å². The second-order valence-electron chi connectivity index (χ2n) is 10.8. The van der Waals surface area contributed by atoms with Gasteiger partial charge in [-0.05, 0) is 85.1 Å². The van der Waals surface area contributed by atoms with Gasteiger partial charge in [0.05, 0.1) is 0 Å². The Labute approximate surface area is 181 Å². The van der Waals surface area contributed by atoms with E-state index in [2.05, 4.69) is 76.8 Å². The first-order valence-electron chi connectivity index (χ1n) is 12.6. The van der Waals surface area contributed by atoms with Crippen LogP contribution in [0.25, 0.3) is 0 Å². The van der Waals surface area contributed by atoms with Crippen molar-refractivity contribution in [1.82, 2.24) is 0 Å². The Hall–Kier alpha value is 0.170. The average Bonchev–Trinajstić information content (AvgIpc) is 2.64. The highest BCUT2D eigenvalue weighted by atomic mass is 31.0. The minimum absolute atomic E-state index is 0.410. The first-order valence-corrected chi connectivity index (χ1v) is 13.2. The molecular weight excluding hydrogens is 355 g/mol. The van der Waals surface area contributed by atoms with Crippen LogP contribution in [0.3, 0.4) is 0 Å². The monoisotopic (exact) mass is 408 g/mol. The zero-order valence-electron chi connectivity index (χ0n) is 20.6. The molecule has 0 N–H and O–H groups in total. The third-order valence-electron chi connectivity index (χ3n) is 8.07. The lowest BCUT2D eigenvalue weighted by Gasteiger charge is -2.43. The van der Waals surface area contributed by atoms with E-state index < -0.39 is 0 Å². The summed E-state index contributed by atoms with van der Waals surface area (Å²) < 4.78 is 0. The van der Waals surface area contributed by atoms with Crippen LogP contribution in [0.15, 0.2) is 12.2 Å². The zero-order valence-corrected chi connectivity index (χ0v) is 21.8. The summed E-state index contributed by atoms with van der Waals surface area (Å²) in [5.74, 6) is 5.69. The summed E-state index contributed by atoms with van der Waals surface area (Å²) >= 11 is 0. The summed E-state index contributed by atoms with van der Waals surface area (Å²) in [5.41, 5.74) is 0. The lowest BCUT2D eigenvalue weighted by Crippen LogP contribution is -2.37. The van der Waals surface area contributed by atoms with Gasteiger partial charge in [-0.2, -0.15) is 0 Å². The largest absolute Gasteiger partial charge is 0.131 e. The fraction of sp³-hybridized carbons (Fsp3) is 0.926. The first-order chi connectivity index (χ1) is 13.2. The van der Waals surface area contributed by atoms with Crippen molar-refractivity contribution in [3.8, 4) is 0 Å². The van der Waals surface area contributed by atoms with E-state index in [0.29, 0.717) is 5.16 Å². The molecule has 0 saturated heterocycles. The van der Waals surface area contributed by atoms with Gasteiger partial charge in [0.2, 0.25) is 0 Å². The molecule has 0 radical (unpaired) electrons. The SMILES string of the molecule is CCCC(CC)C1(P)CCC(C(C)CC)C(C)CC=CC(C(C)CC(C)C)C1. The van der Waals surface area contributed by atoms with Crippen molar-refractivity contribution in [3.05, 3.63) is 12.2 Å². The quantitative estimate of drug-likeness (QED) is 0.263. The van der Waals surface area contributed by atoms with E-state index in [1.807, 2.05) is 0 Å². The zero-order chi connectivity index (χ0) is 21.3. The van der Waals surface area contributed by atoms with Crippen LogP contribution in [0, 0.1) is 41.4 Å². The smallest absolute Gasteiger partial charge is 0.0116 e. The maximum absolute atomic E-state index is 3.45. The fourth-order valence-electron chi connectivity index (χ4n) is 6.05. The molecule has 0 heterocycles. The van der Waals surface area contributed by atoms with Crippen LogP contribution in [-0.4, -0.2) is 5.16 Å². The average molecular weight is 409 g/mol. The molecule has 0 aromatic carbocycles. The molecule has 0 aromatic heterocycles. The van der Waals surface area contributed by atoms with E-state index in [0.717, 1.165) is 41.4 Å². The van der Waals surface area contributed by atoms with Crippen molar-refractivity contribution in [2.75, 3.05) is 0 Å². The number of rotatable bonds is 9. The van der Waals surface area contributed by atoms with Crippen LogP contribution in [-0.2, 0) is 0 Å². The molecule has 1 aliphatic carbocycles. The predicted octanol–water partition coefficient (Wildman–Crippen LogP) is 9.15. The second kappa shape index (κ2) is 12.8. The molecule has 1 heteroatoms. The maximum atomic E-state index is 3.45. The summed E-state index contributed by atoms with van der Waals surface area (Å²) in [6, 6.07) is 0. The van der Waals surface area contributed by atoms with E-state index in [1.165, 1.54) is 57.8 Å². The number of hydrogen-bond acceptors (Lipinski definition) is 0. The van der Waals surface area contributed by atoms with Crippen molar-refractivity contribution in [2.24, 2.45) is 41.4 Å². The van der Waals surface area contributed by atoms with Gasteiger partial charge in [0, 0.05) is 0 Å². The van der Waals surface area contributed by atoms with Crippen molar-refractivity contribution < 1.29 is 0 Å². The van der Waals surface area contributed by atoms with Gasteiger partial charge < -0.3 is 0 Å². The minimum Gasteiger partial charge on any atom is -0.131 e. The number of hydrogen-bond donors (Lipinski definition) is 0. The molecule has 8 atom stereocenters. The molecule has 0 spiro atoms. The highest BCUT2D eigenvalue weighted by Crippen LogP contribution is 2.47. The summed E-state index contributed by atoms with van der Waals surface area (Å²) in [7, 11) is 3.45. The van der Waals surface area contributed by atoms with Gasteiger partial charge in [0.1, 0.15) is 0 Å². The molecular formula is C27H53P. The van der Waals surface area contributed by atoms with Crippen molar-refractivity contribution in [2.45, 2.75) is 118 Å². The van der Waals surface area contributed by atoms with Gasteiger partial charge in [-0.25, -0.2) is 0 Å². The van der Waals surface area contributed by atoms with E-state index in [-0.39, 0.29) is 0 Å². The summed E-state index contributed by atoms with van der Waals surface area (Å²) in [5, 5.41) is 0.410. The summed E-state index contributed by atoms with van der Waals surface area (Å²) in [6.45, 7) is 19.5. The molecule has 0 nitrogen and oxygen atoms in total. The standard InChI is InChI=1S/C27H53P/c1-9-13-25(11-3)27(28)17-16-26(21(6)10-2)22(7)14-12-15-24(19-27)23(8)18-20(4)5/h12,15,20-26H,9-11,13-14,16-19,28H2,1-8H3. The van der Waals surface area contributed by atoms with E-state index >= 15 is 0 Å². The molecule has 166 valence electrons. The Morgan fingerprint density at radius 3 is 2.25 bits per heavy atom. The molecule has 0 saturated carbocycles. The van der Waals surface area contributed by atoms with Crippen LogP contribution < -0.4 is 0 Å². The van der Waals surface area contributed by atoms with Crippen LogP contribution in [0.5, 0.6) is 0 Å². The molecule has 1 aliphatic rings. The second-order valence-corrected chi connectivity index (χ2v) is 12.0. The van der Waals surface area contributed by atoms with Crippen LogP contribution in [0.2, 0.25) is 0 Å². The Kier molecular flexibility index (Phi) is 12.0. The van der Waals surface area contributed by atoms with Gasteiger partial charge in [-0.15, -0.1) is 9.24 Å². The minimum atomic E-state index is 0.410. The predicted molar refractivity (Wildman–Crippen MR) is 133 cm³/mol. The first kappa shape index (κ1) is 26.2. The highest BCUT2D eigenvalue weighted by molar-refractivity contribution is 7.19. The maximum Gasteiger partial charge on any atom is -0.0116 e. The molecule has 0 amide bonds. The normalized spacial score (nSPS) is 32.9. The molecule has 0 aliphatic heterocycles. The lowest BCUT2D eigenvalue weighted by molar-refractivity contribution is 0.182. The van der Waals surface area contributed by atoms with Gasteiger partial charge in [-0.1, -0.05) is 86.8 Å². The fourth-order valence-corrected chi connectivity index (χ4v) is 6.89. The van der Waals surface area contributed by atoms with Crippen molar-refractivity contribution in [1.29, 1.82) is 0 Å². The third kappa shape index (κ3) is 7.78. The van der Waals surface area contributed by atoms with Crippen LogP contribution >= 0.6 is 9.24 Å². The van der Waals surface area contributed by atoms with Crippen molar-refractivity contribution >= 4 is 9.24 Å². The number of allylic oxidation sites excluding steroid dienone is 2.